The van der Waals surface area contributed by atoms with Gasteiger partial charge < -0.3 is 10.2 Å². The highest BCUT2D eigenvalue weighted by atomic mass is 35.5. The SMILES string of the molecule is Cc1ccc2nc(N3CC(C(=O)NCCc4ccc(Cl)cc4)C3)sc2c1. The van der Waals surface area contributed by atoms with Crippen LogP contribution >= 0.6 is 22.9 Å². The Balaban J connectivity index is 1.26. The molecule has 1 saturated heterocycles. The Morgan fingerprint density at radius 3 is 2.81 bits per heavy atom. The van der Waals surface area contributed by atoms with E-state index in [1.165, 1.54) is 15.8 Å². The number of nitrogens with one attached hydrogen (secondary N) is 1. The Kier molecular flexibility index (Phi) is 4.83. The number of halogens is 1. The van der Waals surface area contributed by atoms with E-state index in [0.717, 1.165) is 35.2 Å². The van der Waals surface area contributed by atoms with Gasteiger partial charge in [0.15, 0.2) is 5.13 Å². The van der Waals surface area contributed by atoms with Gasteiger partial charge >= 0.3 is 0 Å². The van der Waals surface area contributed by atoms with E-state index in [9.17, 15) is 4.79 Å². The fourth-order valence-corrected chi connectivity index (χ4v) is 4.29. The average molecular weight is 386 g/mol. The van der Waals surface area contributed by atoms with Gasteiger partial charge in [-0.1, -0.05) is 41.1 Å². The Morgan fingerprint density at radius 1 is 1.27 bits per heavy atom. The van der Waals surface area contributed by atoms with Gasteiger partial charge in [-0.15, -0.1) is 0 Å². The Hall–Kier alpha value is -2.11. The van der Waals surface area contributed by atoms with Crippen molar-refractivity contribution in [2.24, 2.45) is 5.92 Å². The average Bonchev–Trinajstić information content (AvgIpc) is 2.97. The smallest absolute Gasteiger partial charge is 0.226 e. The highest BCUT2D eigenvalue weighted by Gasteiger charge is 2.34. The maximum absolute atomic E-state index is 12.3. The molecule has 0 saturated carbocycles. The number of fused-ring (bicyclic) bond motifs is 1. The molecule has 1 fully saturated rings. The second-order valence-electron chi connectivity index (χ2n) is 6.74. The zero-order chi connectivity index (χ0) is 18.1. The number of rotatable bonds is 5. The monoisotopic (exact) mass is 385 g/mol. The number of amides is 1. The lowest BCUT2D eigenvalue weighted by Crippen LogP contribution is -2.54. The maximum Gasteiger partial charge on any atom is 0.226 e. The molecule has 0 aliphatic carbocycles. The van der Waals surface area contributed by atoms with Gasteiger partial charge in [-0.3, -0.25) is 4.79 Å². The summed E-state index contributed by atoms with van der Waals surface area (Å²) in [6, 6.07) is 14.0. The van der Waals surface area contributed by atoms with E-state index in [1.807, 2.05) is 24.3 Å². The van der Waals surface area contributed by atoms with Crippen molar-refractivity contribution in [1.82, 2.24) is 10.3 Å². The lowest BCUT2D eigenvalue weighted by molar-refractivity contribution is -0.125. The molecule has 0 radical (unpaired) electrons. The van der Waals surface area contributed by atoms with Crippen LogP contribution in [0.2, 0.25) is 5.02 Å². The largest absolute Gasteiger partial charge is 0.355 e. The molecule has 0 atom stereocenters. The van der Waals surface area contributed by atoms with Crippen molar-refractivity contribution in [3.63, 3.8) is 0 Å². The molecule has 1 aromatic heterocycles. The Labute approximate surface area is 161 Å². The van der Waals surface area contributed by atoms with Gasteiger partial charge in [0.05, 0.1) is 16.1 Å². The molecule has 1 aliphatic rings. The molecule has 4 nitrogen and oxygen atoms in total. The van der Waals surface area contributed by atoms with Gasteiger partial charge in [-0.25, -0.2) is 4.98 Å². The summed E-state index contributed by atoms with van der Waals surface area (Å²) >= 11 is 7.58. The first-order chi connectivity index (χ1) is 12.6. The summed E-state index contributed by atoms with van der Waals surface area (Å²) in [4.78, 5) is 19.2. The third-order valence-corrected chi connectivity index (χ3v) is 6.01. The molecule has 0 unspecified atom stereocenters. The van der Waals surface area contributed by atoms with Crippen LogP contribution in [0.5, 0.6) is 0 Å². The molecule has 6 heteroatoms. The summed E-state index contributed by atoms with van der Waals surface area (Å²) in [5.41, 5.74) is 3.45. The lowest BCUT2D eigenvalue weighted by Gasteiger charge is -2.37. The van der Waals surface area contributed by atoms with Gasteiger partial charge in [-0.05, 0) is 48.7 Å². The first kappa shape index (κ1) is 17.3. The lowest BCUT2D eigenvalue weighted by atomic mass is 10.00. The molecule has 4 rings (SSSR count). The molecule has 1 N–H and O–H groups in total. The van der Waals surface area contributed by atoms with Crippen LogP contribution in [0.15, 0.2) is 42.5 Å². The summed E-state index contributed by atoms with van der Waals surface area (Å²) in [5.74, 6) is 0.182. The van der Waals surface area contributed by atoms with Crippen LogP contribution in [0, 0.1) is 12.8 Å². The van der Waals surface area contributed by atoms with Crippen LogP contribution in [0.3, 0.4) is 0 Å². The van der Waals surface area contributed by atoms with Gasteiger partial charge in [0.25, 0.3) is 0 Å². The first-order valence-corrected chi connectivity index (χ1v) is 9.92. The molecule has 134 valence electrons. The minimum absolute atomic E-state index is 0.0500. The van der Waals surface area contributed by atoms with E-state index in [2.05, 4.69) is 40.3 Å². The van der Waals surface area contributed by atoms with Gasteiger partial charge in [0, 0.05) is 24.7 Å². The number of anilines is 1. The molecule has 0 spiro atoms. The number of aryl methyl sites for hydroxylation is 1. The highest BCUT2D eigenvalue weighted by molar-refractivity contribution is 7.22. The van der Waals surface area contributed by atoms with Crippen LogP contribution in [0.4, 0.5) is 5.13 Å². The summed E-state index contributed by atoms with van der Waals surface area (Å²) in [6.45, 7) is 4.22. The van der Waals surface area contributed by atoms with Crippen LogP contribution < -0.4 is 10.2 Å². The zero-order valence-electron chi connectivity index (χ0n) is 14.5. The molecule has 2 aromatic carbocycles. The normalized spacial score (nSPS) is 14.5. The van der Waals surface area contributed by atoms with Crippen LogP contribution in [-0.2, 0) is 11.2 Å². The third kappa shape index (κ3) is 3.69. The molecule has 0 bridgehead atoms. The van der Waals surface area contributed by atoms with Crippen LogP contribution in [-0.4, -0.2) is 30.5 Å². The Bertz CT molecular complexity index is 932. The summed E-state index contributed by atoms with van der Waals surface area (Å²) < 4.78 is 1.20. The predicted molar refractivity (Wildman–Crippen MR) is 108 cm³/mol. The summed E-state index contributed by atoms with van der Waals surface area (Å²) in [6.07, 6.45) is 0.816. The highest BCUT2D eigenvalue weighted by Crippen LogP contribution is 2.33. The van der Waals surface area contributed by atoms with Crippen molar-refractivity contribution < 1.29 is 4.79 Å². The quantitative estimate of drug-likeness (QED) is 0.720. The van der Waals surface area contributed by atoms with E-state index in [1.54, 1.807) is 11.3 Å². The predicted octanol–water partition coefficient (Wildman–Crippen LogP) is 4.05. The number of hydrogen-bond acceptors (Lipinski definition) is 4. The molecule has 2 heterocycles. The zero-order valence-corrected chi connectivity index (χ0v) is 16.1. The number of aromatic nitrogens is 1. The molecule has 1 aliphatic heterocycles. The summed E-state index contributed by atoms with van der Waals surface area (Å²) in [5, 5.41) is 4.78. The van der Waals surface area contributed by atoms with E-state index in [-0.39, 0.29) is 11.8 Å². The van der Waals surface area contributed by atoms with Crippen molar-refractivity contribution >= 4 is 44.2 Å². The van der Waals surface area contributed by atoms with Crippen molar-refractivity contribution in [3.8, 4) is 0 Å². The number of carbonyl (C=O) groups is 1. The van der Waals surface area contributed by atoms with Gasteiger partial charge in [0.2, 0.25) is 5.91 Å². The number of thiazole rings is 1. The van der Waals surface area contributed by atoms with E-state index >= 15 is 0 Å². The van der Waals surface area contributed by atoms with Crippen LogP contribution in [0.25, 0.3) is 10.2 Å². The van der Waals surface area contributed by atoms with Gasteiger partial charge in [0.1, 0.15) is 0 Å². The fraction of sp³-hybridized carbons (Fsp3) is 0.300. The molecular formula is C20H20ClN3OS. The third-order valence-electron chi connectivity index (χ3n) is 4.68. The second kappa shape index (κ2) is 7.25. The van der Waals surface area contributed by atoms with Crippen LogP contribution in [0.1, 0.15) is 11.1 Å². The van der Waals surface area contributed by atoms with Crippen molar-refractivity contribution in [1.29, 1.82) is 0 Å². The van der Waals surface area contributed by atoms with E-state index in [0.29, 0.717) is 6.54 Å². The topological polar surface area (TPSA) is 45.2 Å². The molecular weight excluding hydrogens is 366 g/mol. The first-order valence-electron chi connectivity index (χ1n) is 8.73. The van der Waals surface area contributed by atoms with Crippen molar-refractivity contribution in [3.05, 3.63) is 58.6 Å². The fourth-order valence-electron chi connectivity index (χ4n) is 3.08. The minimum Gasteiger partial charge on any atom is -0.355 e. The number of nitrogens with zero attached hydrogens (tertiary/aromatic N) is 2. The molecule has 1 amide bonds. The van der Waals surface area contributed by atoms with E-state index < -0.39 is 0 Å². The Morgan fingerprint density at radius 2 is 2.04 bits per heavy atom. The second-order valence-corrected chi connectivity index (χ2v) is 8.18. The van der Waals surface area contributed by atoms with Gasteiger partial charge in [-0.2, -0.15) is 0 Å². The number of hydrogen-bond donors (Lipinski definition) is 1. The number of carbonyl (C=O) groups excluding carboxylic acids is 1. The minimum atomic E-state index is 0.0500. The van der Waals surface area contributed by atoms with Crippen molar-refractivity contribution in [2.75, 3.05) is 24.5 Å². The van der Waals surface area contributed by atoms with Crippen molar-refractivity contribution in [2.45, 2.75) is 13.3 Å². The standard InChI is InChI=1S/C20H20ClN3OS/c1-13-2-7-17-18(10-13)26-20(23-17)24-11-15(12-24)19(25)22-9-8-14-3-5-16(21)6-4-14/h2-7,10,15H,8-9,11-12H2,1H3,(H,22,25). The summed E-state index contributed by atoms with van der Waals surface area (Å²) in [7, 11) is 0. The molecule has 3 aromatic rings. The van der Waals surface area contributed by atoms with E-state index in [4.69, 9.17) is 11.6 Å². The molecule has 26 heavy (non-hydrogen) atoms. The number of benzene rings is 2. The maximum atomic E-state index is 12.3.